The summed E-state index contributed by atoms with van der Waals surface area (Å²) in [5.41, 5.74) is 4.97. The topological polar surface area (TPSA) is 46.2 Å². The van der Waals surface area contributed by atoms with Gasteiger partial charge in [-0.15, -0.1) is 0 Å². The summed E-state index contributed by atoms with van der Waals surface area (Å²) < 4.78 is 23.9. The highest BCUT2D eigenvalue weighted by Crippen LogP contribution is 2.26. The van der Waals surface area contributed by atoms with Crippen molar-refractivity contribution in [1.82, 2.24) is 0 Å². The molecule has 0 spiro atoms. The Morgan fingerprint density at radius 1 is 1.36 bits per heavy atom. The molecule has 0 saturated carbocycles. The summed E-state index contributed by atoms with van der Waals surface area (Å²) in [7, 11) is 0. The monoisotopic (exact) mass is 159 g/mol. The highest BCUT2D eigenvalue weighted by atomic mass is 19.3. The Balaban J connectivity index is 3.05. The number of rotatable bonds is 1. The molecule has 0 aliphatic heterocycles. The van der Waals surface area contributed by atoms with Gasteiger partial charge in [0.05, 0.1) is 5.69 Å². The molecule has 0 aliphatic rings. The molecule has 3 N–H and O–H groups in total. The second-order valence-corrected chi connectivity index (χ2v) is 2.12. The van der Waals surface area contributed by atoms with Crippen LogP contribution in [0.1, 0.15) is 12.0 Å². The summed E-state index contributed by atoms with van der Waals surface area (Å²) in [6.45, 7) is 0. The number of anilines is 1. The summed E-state index contributed by atoms with van der Waals surface area (Å²) in [6, 6.07) is 3.34. The van der Waals surface area contributed by atoms with Crippen LogP contribution in [0.25, 0.3) is 0 Å². The van der Waals surface area contributed by atoms with E-state index in [2.05, 4.69) is 0 Å². The van der Waals surface area contributed by atoms with Crippen LogP contribution < -0.4 is 5.73 Å². The van der Waals surface area contributed by atoms with Gasteiger partial charge < -0.3 is 10.8 Å². The van der Waals surface area contributed by atoms with Gasteiger partial charge in [0.2, 0.25) is 0 Å². The lowest BCUT2D eigenvalue weighted by Gasteiger charge is -2.01. The Morgan fingerprint density at radius 2 is 2.00 bits per heavy atom. The maximum Gasteiger partial charge on any atom is 0.263 e. The Morgan fingerprint density at radius 3 is 2.45 bits per heavy atom. The molecule has 0 radical (unpaired) electrons. The molecule has 1 rings (SSSR count). The molecule has 0 amide bonds. The van der Waals surface area contributed by atoms with Crippen LogP contribution in [0.3, 0.4) is 0 Å². The molecule has 0 aliphatic carbocycles. The number of phenolic OH excluding ortho intramolecular Hbond substituents is 1. The fraction of sp³-hybridized carbons (Fsp3) is 0.143. The van der Waals surface area contributed by atoms with Crippen LogP contribution in [-0.2, 0) is 0 Å². The molecule has 1 aromatic carbocycles. The van der Waals surface area contributed by atoms with Gasteiger partial charge in [-0.1, -0.05) is 0 Å². The fourth-order valence-electron chi connectivity index (χ4n) is 0.709. The van der Waals surface area contributed by atoms with Crippen LogP contribution in [0.4, 0.5) is 14.5 Å². The zero-order chi connectivity index (χ0) is 8.43. The van der Waals surface area contributed by atoms with Gasteiger partial charge in [-0.2, -0.15) is 0 Å². The summed E-state index contributed by atoms with van der Waals surface area (Å²) in [5.74, 6) is -0.172. The molecule has 0 saturated heterocycles. The van der Waals surface area contributed by atoms with Crippen molar-refractivity contribution >= 4 is 5.69 Å². The van der Waals surface area contributed by atoms with Crippen LogP contribution in [0.15, 0.2) is 18.2 Å². The van der Waals surface area contributed by atoms with Gasteiger partial charge in [0.15, 0.2) is 0 Å². The minimum atomic E-state index is -2.54. The molecule has 60 valence electrons. The molecule has 11 heavy (non-hydrogen) atoms. The lowest BCUT2D eigenvalue weighted by molar-refractivity contribution is 0.151. The molecule has 4 heteroatoms. The van der Waals surface area contributed by atoms with E-state index in [1.54, 1.807) is 0 Å². The quantitative estimate of drug-likeness (QED) is 0.485. The van der Waals surface area contributed by atoms with Crippen molar-refractivity contribution in [2.75, 3.05) is 5.73 Å². The van der Waals surface area contributed by atoms with Crippen LogP contribution in [0.5, 0.6) is 5.75 Å². The van der Waals surface area contributed by atoms with Gasteiger partial charge >= 0.3 is 0 Å². The number of nitrogens with two attached hydrogens (primary N) is 1. The van der Waals surface area contributed by atoms with E-state index in [0.29, 0.717) is 0 Å². The smallest absolute Gasteiger partial charge is 0.263 e. The number of hydrogen-bond acceptors (Lipinski definition) is 2. The molecular weight excluding hydrogens is 152 g/mol. The van der Waals surface area contributed by atoms with Crippen molar-refractivity contribution in [3.63, 3.8) is 0 Å². The van der Waals surface area contributed by atoms with Gasteiger partial charge in [0.25, 0.3) is 6.43 Å². The molecule has 0 atom stereocenters. The van der Waals surface area contributed by atoms with Crippen LogP contribution in [0.2, 0.25) is 0 Å². The third-order valence-electron chi connectivity index (χ3n) is 1.30. The molecular formula is C7H7F2NO. The number of nitrogen functional groups attached to an aromatic ring is 1. The summed E-state index contributed by atoms with van der Waals surface area (Å²) in [6.07, 6.45) is -2.54. The molecule has 2 nitrogen and oxygen atoms in total. The number of aromatic hydroxyl groups is 1. The molecule has 0 unspecified atom stereocenters. The predicted molar refractivity (Wildman–Crippen MR) is 37.5 cm³/mol. The highest BCUT2D eigenvalue weighted by molar-refractivity contribution is 5.53. The average molecular weight is 159 g/mol. The first-order valence-corrected chi connectivity index (χ1v) is 2.98. The average Bonchev–Trinajstić information content (AvgIpc) is 1.94. The second-order valence-electron chi connectivity index (χ2n) is 2.12. The predicted octanol–water partition coefficient (Wildman–Crippen LogP) is 1.91. The molecule has 0 heterocycles. The second kappa shape index (κ2) is 2.74. The van der Waals surface area contributed by atoms with Crippen molar-refractivity contribution in [1.29, 1.82) is 0 Å². The first-order chi connectivity index (χ1) is 5.11. The fourth-order valence-corrected chi connectivity index (χ4v) is 0.709. The number of alkyl halides is 2. The third-order valence-corrected chi connectivity index (χ3v) is 1.30. The Labute approximate surface area is 62.3 Å². The van der Waals surface area contributed by atoms with Crippen molar-refractivity contribution < 1.29 is 13.9 Å². The Bertz CT molecular complexity index is 263. The Hall–Kier alpha value is -1.32. The largest absolute Gasteiger partial charge is 0.506 e. The lowest BCUT2D eigenvalue weighted by atomic mass is 10.2. The van der Waals surface area contributed by atoms with Crippen molar-refractivity contribution in [2.24, 2.45) is 0 Å². The number of hydrogen-bond donors (Lipinski definition) is 2. The normalized spacial score (nSPS) is 10.5. The summed E-state index contributed by atoms with van der Waals surface area (Å²) in [4.78, 5) is 0. The van der Waals surface area contributed by atoms with E-state index in [1.165, 1.54) is 0 Å². The first kappa shape index (κ1) is 7.78. The van der Waals surface area contributed by atoms with Gasteiger partial charge in [-0.3, -0.25) is 0 Å². The lowest BCUT2D eigenvalue weighted by Crippen LogP contribution is -1.89. The van der Waals surface area contributed by atoms with Crippen molar-refractivity contribution in [3.05, 3.63) is 23.8 Å². The maximum atomic E-state index is 11.9. The van der Waals surface area contributed by atoms with E-state index in [1.807, 2.05) is 0 Å². The standard InChI is InChI=1S/C7H7F2NO/c8-7(9)4-1-2-6(11)5(10)3-4/h1-3,7,11H,10H2. The summed E-state index contributed by atoms with van der Waals surface area (Å²) >= 11 is 0. The zero-order valence-electron chi connectivity index (χ0n) is 5.59. The van der Waals surface area contributed by atoms with Crippen LogP contribution >= 0.6 is 0 Å². The molecule has 0 bridgehead atoms. The number of phenols is 1. The summed E-state index contributed by atoms with van der Waals surface area (Å²) in [5, 5.41) is 8.86. The van der Waals surface area contributed by atoms with E-state index in [-0.39, 0.29) is 17.0 Å². The van der Waals surface area contributed by atoms with E-state index in [4.69, 9.17) is 10.8 Å². The number of benzene rings is 1. The molecule has 0 fully saturated rings. The minimum absolute atomic E-state index is 0.0252. The van der Waals surface area contributed by atoms with E-state index in [0.717, 1.165) is 18.2 Å². The minimum Gasteiger partial charge on any atom is -0.506 e. The third kappa shape index (κ3) is 1.58. The van der Waals surface area contributed by atoms with E-state index < -0.39 is 6.43 Å². The molecule has 1 aromatic rings. The Kier molecular flexibility index (Phi) is 1.94. The van der Waals surface area contributed by atoms with E-state index >= 15 is 0 Å². The van der Waals surface area contributed by atoms with Crippen LogP contribution in [0, 0.1) is 0 Å². The zero-order valence-corrected chi connectivity index (χ0v) is 5.59. The first-order valence-electron chi connectivity index (χ1n) is 2.98. The van der Waals surface area contributed by atoms with Gasteiger partial charge in [-0.25, -0.2) is 8.78 Å². The molecule has 0 aromatic heterocycles. The SMILES string of the molecule is Nc1cc(C(F)F)ccc1O. The highest BCUT2D eigenvalue weighted by Gasteiger charge is 2.07. The van der Waals surface area contributed by atoms with Crippen LogP contribution in [-0.4, -0.2) is 5.11 Å². The van der Waals surface area contributed by atoms with E-state index in [9.17, 15) is 8.78 Å². The van der Waals surface area contributed by atoms with Crippen molar-refractivity contribution in [3.8, 4) is 5.75 Å². The van der Waals surface area contributed by atoms with Gasteiger partial charge in [0, 0.05) is 5.56 Å². The van der Waals surface area contributed by atoms with Gasteiger partial charge in [0.1, 0.15) is 5.75 Å². The maximum absolute atomic E-state index is 11.9. The number of halogens is 2. The van der Waals surface area contributed by atoms with Crippen molar-refractivity contribution in [2.45, 2.75) is 6.43 Å². The van der Waals surface area contributed by atoms with Gasteiger partial charge in [-0.05, 0) is 18.2 Å².